The van der Waals surface area contributed by atoms with Crippen LogP contribution in [0.5, 0.6) is 5.75 Å². The molecular formula is C26H24F3N5O3. The van der Waals surface area contributed by atoms with Crippen LogP contribution in [0.1, 0.15) is 12.5 Å². The lowest BCUT2D eigenvalue weighted by Crippen LogP contribution is -2.31. The first-order valence-corrected chi connectivity index (χ1v) is 11.3. The van der Waals surface area contributed by atoms with Gasteiger partial charge >= 0.3 is 6.18 Å². The second-order valence-corrected chi connectivity index (χ2v) is 8.26. The van der Waals surface area contributed by atoms with Gasteiger partial charge in [0, 0.05) is 44.5 Å². The first kappa shape index (κ1) is 25.7. The standard InChI is InChI=1S/C26H24F3N5O3/c1-16(35)30-12-13-34-22-15-19(33(2)23-14-18(10-11-31-23)26(27,28)29)6-9-21(22)32-24(25(34)36)17-4-7-20(37-3)8-5-17/h4-11,14-15H,12-13H2,1-3H3,(H,30,35). The number of anilines is 2. The molecule has 1 N–H and O–H groups in total. The van der Waals surface area contributed by atoms with Crippen LogP contribution >= 0.6 is 0 Å². The number of alkyl halides is 3. The van der Waals surface area contributed by atoms with Gasteiger partial charge in [0.1, 0.15) is 17.3 Å². The highest BCUT2D eigenvalue weighted by atomic mass is 19.4. The van der Waals surface area contributed by atoms with Gasteiger partial charge in [-0.25, -0.2) is 9.97 Å². The van der Waals surface area contributed by atoms with E-state index < -0.39 is 11.7 Å². The van der Waals surface area contributed by atoms with Crippen LogP contribution in [0.3, 0.4) is 0 Å². The van der Waals surface area contributed by atoms with E-state index >= 15 is 0 Å². The largest absolute Gasteiger partial charge is 0.497 e. The molecular weight excluding hydrogens is 487 g/mol. The van der Waals surface area contributed by atoms with Crippen molar-refractivity contribution in [3.8, 4) is 17.0 Å². The smallest absolute Gasteiger partial charge is 0.416 e. The molecule has 0 fully saturated rings. The Morgan fingerprint density at radius 1 is 1.11 bits per heavy atom. The Morgan fingerprint density at radius 3 is 2.49 bits per heavy atom. The van der Waals surface area contributed by atoms with Gasteiger partial charge in [-0.1, -0.05) is 0 Å². The molecule has 192 valence electrons. The maximum absolute atomic E-state index is 13.5. The number of amides is 1. The van der Waals surface area contributed by atoms with Crippen LogP contribution in [-0.4, -0.2) is 41.1 Å². The third-order valence-corrected chi connectivity index (χ3v) is 5.81. The van der Waals surface area contributed by atoms with Crippen LogP contribution in [0.15, 0.2) is 65.6 Å². The normalized spacial score (nSPS) is 11.4. The van der Waals surface area contributed by atoms with Gasteiger partial charge in [-0.05, 0) is 54.6 Å². The van der Waals surface area contributed by atoms with Crippen molar-refractivity contribution in [2.24, 2.45) is 0 Å². The van der Waals surface area contributed by atoms with Crippen LogP contribution in [0, 0.1) is 0 Å². The van der Waals surface area contributed by atoms with Crippen molar-refractivity contribution in [1.82, 2.24) is 19.9 Å². The number of halogens is 3. The summed E-state index contributed by atoms with van der Waals surface area (Å²) in [6.45, 7) is 1.74. The Morgan fingerprint density at radius 2 is 1.84 bits per heavy atom. The quantitative estimate of drug-likeness (QED) is 0.396. The van der Waals surface area contributed by atoms with Gasteiger partial charge in [0.25, 0.3) is 5.56 Å². The molecule has 1 amide bonds. The van der Waals surface area contributed by atoms with E-state index in [-0.39, 0.29) is 36.1 Å². The first-order valence-electron chi connectivity index (χ1n) is 11.3. The Bertz CT molecular complexity index is 1500. The molecule has 2 heterocycles. The van der Waals surface area contributed by atoms with Crippen molar-refractivity contribution in [3.63, 3.8) is 0 Å². The Labute approximate surface area is 210 Å². The highest BCUT2D eigenvalue weighted by Crippen LogP contribution is 2.33. The number of aromatic nitrogens is 3. The number of ether oxygens (including phenoxy) is 1. The molecule has 2 aromatic carbocycles. The van der Waals surface area contributed by atoms with Gasteiger partial charge in [-0.2, -0.15) is 13.2 Å². The minimum atomic E-state index is -4.51. The predicted molar refractivity (Wildman–Crippen MR) is 134 cm³/mol. The van der Waals surface area contributed by atoms with E-state index in [0.717, 1.165) is 18.3 Å². The van der Waals surface area contributed by atoms with Crippen molar-refractivity contribution < 1.29 is 22.7 Å². The van der Waals surface area contributed by atoms with E-state index in [0.29, 0.717) is 28.0 Å². The molecule has 0 saturated carbocycles. The Hall–Kier alpha value is -4.41. The second kappa shape index (κ2) is 10.3. The summed E-state index contributed by atoms with van der Waals surface area (Å²) in [7, 11) is 3.13. The molecule has 0 aliphatic heterocycles. The van der Waals surface area contributed by atoms with Gasteiger partial charge in [0.2, 0.25) is 5.91 Å². The van der Waals surface area contributed by atoms with Gasteiger partial charge in [-0.15, -0.1) is 0 Å². The molecule has 8 nitrogen and oxygen atoms in total. The third kappa shape index (κ3) is 5.55. The summed E-state index contributed by atoms with van der Waals surface area (Å²) in [4.78, 5) is 35.1. The molecule has 0 unspecified atom stereocenters. The molecule has 0 aliphatic rings. The zero-order chi connectivity index (χ0) is 26.7. The summed E-state index contributed by atoms with van der Waals surface area (Å²) in [6, 6.07) is 13.8. The fourth-order valence-electron chi connectivity index (χ4n) is 3.85. The number of methoxy groups -OCH3 is 1. The highest BCUT2D eigenvalue weighted by Gasteiger charge is 2.31. The fraction of sp³-hybridized carbons (Fsp3) is 0.231. The summed E-state index contributed by atoms with van der Waals surface area (Å²) in [5.41, 5.74) is 1.09. The number of benzene rings is 2. The monoisotopic (exact) mass is 511 g/mol. The van der Waals surface area contributed by atoms with Crippen LogP contribution < -0.4 is 20.5 Å². The first-order chi connectivity index (χ1) is 17.6. The van der Waals surface area contributed by atoms with E-state index in [1.54, 1.807) is 56.6 Å². The third-order valence-electron chi connectivity index (χ3n) is 5.81. The topological polar surface area (TPSA) is 89.3 Å². The molecule has 0 spiro atoms. The molecule has 11 heteroatoms. The second-order valence-electron chi connectivity index (χ2n) is 8.26. The van der Waals surface area contributed by atoms with Crippen LogP contribution in [0.25, 0.3) is 22.3 Å². The van der Waals surface area contributed by atoms with E-state index in [9.17, 15) is 22.8 Å². The minimum absolute atomic E-state index is 0.0872. The summed E-state index contributed by atoms with van der Waals surface area (Å²) in [5, 5.41) is 2.68. The molecule has 4 rings (SSSR count). The summed E-state index contributed by atoms with van der Waals surface area (Å²) in [5.74, 6) is 0.480. The fourth-order valence-corrected chi connectivity index (χ4v) is 3.85. The minimum Gasteiger partial charge on any atom is -0.497 e. The predicted octanol–water partition coefficient (Wildman–Crippen LogP) is 4.39. The summed E-state index contributed by atoms with van der Waals surface area (Å²) < 4.78 is 46.3. The van der Waals surface area contributed by atoms with Crippen molar-refractivity contribution in [2.75, 3.05) is 25.6 Å². The van der Waals surface area contributed by atoms with Crippen molar-refractivity contribution >= 4 is 28.4 Å². The zero-order valence-electron chi connectivity index (χ0n) is 20.3. The van der Waals surface area contributed by atoms with E-state index in [2.05, 4.69) is 15.3 Å². The Kier molecular flexibility index (Phi) is 7.14. The van der Waals surface area contributed by atoms with E-state index in [1.807, 2.05) is 0 Å². The van der Waals surface area contributed by atoms with E-state index in [4.69, 9.17) is 4.74 Å². The van der Waals surface area contributed by atoms with Gasteiger partial charge in [0.15, 0.2) is 0 Å². The zero-order valence-corrected chi connectivity index (χ0v) is 20.3. The molecule has 0 bridgehead atoms. The molecule has 0 radical (unpaired) electrons. The molecule has 4 aromatic rings. The van der Waals surface area contributed by atoms with Gasteiger partial charge < -0.3 is 19.5 Å². The van der Waals surface area contributed by atoms with E-state index in [1.165, 1.54) is 16.4 Å². The molecule has 37 heavy (non-hydrogen) atoms. The van der Waals surface area contributed by atoms with Crippen LogP contribution in [0.4, 0.5) is 24.7 Å². The van der Waals surface area contributed by atoms with Crippen molar-refractivity contribution in [1.29, 1.82) is 0 Å². The SMILES string of the molecule is COc1ccc(-c2nc3ccc(N(C)c4cc(C(F)(F)F)ccn4)cc3n(CCNC(C)=O)c2=O)cc1. The van der Waals surface area contributed by atoms with Gasteiger partial charge in [0.05, 0.1) is 23.7 Å². The number of pyridine rings is 1. The number of hydrogen-bond donors (Lipinski definition) is 1. The lowest BCUT2D eigenvalue weighted by molar-refractivity contribution is -0.137. The highest BCUT2D eigenvalue weighted by molar-refractivity contribution is 5.83. The number of rotatable bonds is 7. The average molecular weight is 512 g/mol. The summed E-state index contributed by atoms with van der Waals surface area (Å²) in [6.07, 6.45) is -3.41. The van der Waals surface area contributed by atoms with Gasteiger partial charge in [-0.3, -0.25) is 9.59 Å². The number of nitrogens with zero attached hydrogens (tertiary/aromatic N) is 4. The average Bonchev–Trinajstić information content (AvgIpc) is 2.88. The maximum Gasteiger partial charge on any atom is 0.416 e. The molecule has 0 saturated heterocycles. The lowest BCUT2D eigenvalue weighted by Gasteiger charge is -2.21. The molecule has 0 aliphatic carbocycles. The number of fused-ring (bicyclic) bond motifs is 1. The number of nitrogens with one attached hydrogen (secondary N) is 1. The summed E-state index contributed by atoms with van der Waals surface area (Å²) >= 11 is 0. The molecule has 2 aromatic heterocycles. The van der Waals surface area contributed by atoms with Crippen molar-refractivity contribution in [3.05, 3.63) is 76.7 Å². The Balaban J connectivity index is 1.82. The number of hydrogen-bond acceptors (Lipinski definition) is 6. The molecule has 0 atom stereocenters. The lowest BCUT2D eigenvalue weighted by atomic mass is 10.1. The maximum atomic E-state index is 13.5. The van der Waals surface area contributed by atoms with Crippen LogP contribution in [-0.2, 0) is 17.5 Å². The number of carbonyl (C=O) groups is 1. The van der Waals surface area contributed by atoms with Crippen molar-refractivity contribution in [2.45, 2.75) is 19.6 Å². The van der Waals surface area contributed by atoms with Crippen LogP contribution in [0.2, 0.25) is 0 Å². The number of carbonyl (C=O) groups excluding carboxylic acids is 1.